The van der Waals surface area contributed by atoms with Gasteiger partial charge >= 0.3 is 0 Å². The number of halogens is 1. The molecule has 0 spiro atoms. The summed E-state index contributed by atoms with van der Waals surface area (Å²) >= 11 is 0. The van der Waals surface area contributed by atoms with Crippen molar-refractivity contribution in [3.05, 3.63) is 48.3 Å². The summed E-state index contributed by atoms with van der Waals surface area (Å²) in [5, 5.41) is 0. The van der Waals surface area contributed by atoms with Gasteiger partial charge in [-0.15, -0.1) is 0 Å². The van der Waals surface area contributed by atoms with E-state index in [4.69, 9.17) is 5.73 Å². The lowest BCUT2D eigenvalue weighted by atomic mass is 10.2. The van der Waals surface area contributed by atoms with Crippen LogP contribution in [-0.4, -0.2) is 22.5 Å². The largest absolute Gasteiger partial charge is 0.399 e. The molecule has 3 N–H and O–H groups in total. The fraction of sp³-hybridized carbons (Fsp3) is 0.143. The van der Waals surface area contributed by atoms with Gasteiger partial charge < -0.3 is 10.6 Å². The van der Waals surface area contributed by atoms with Crippen LogP contribution in [0.5, 0.6) is 0 Å². The van der Waals surface area contributed by atoms with E-state index in [1.165, 1.54) is 25.2 Å². The Kier molecular flexibility index (Phi) is 4.15. The third-order valence-electron chi connectivity index (χ3n) is 3.10. The normalized spacial score (nSPS) is 11.4. The summed E-state index contributed by atoms with van der Waals surface area (Å²) < 4.78 is 39.8. The first kappa shape index (κ1) is 15.3. The minimum atomic E-state index is -3.68. The van der Waals surface area contributed by atoms with Gasteiger partial charge in [0.15, 0.2) is 0 Å². The van der Waals surface area contributed by atoms with Crippen molar-refractivity contribution in [2.24, 2.45) is 0 Å². The van der Waals surface area contributed by atoms with E-state index in [2.05, 4.69) is 4.72 Å². The fourth-order valence-electron chi connectivity index (χ4n) is 1.96. The third-order valence-corrected chi connectivity index (χ3v) is 4.54. The first-order chi connectivity index (χ1) is 9.85. The molecule has 112 valence electrons. The molecule has 0 aromatic heterocycles. The molecule has 0 bridgehead atoms. The Bertz CT molecular complexity index is 763. The summed E-state index contributed by atoms with van der Waals surface area (Å²) in [5.41, 5.74) is 6.95. The van der Waals surface area contributed by atoms with Crippen LogP contribution in [0.2, 0.25) is 0 Å². The van der Waals surface area contributed by atoms with Gasteiger partial charge in [0.2, 0.25) is 10.0 Å². The van der Waals surface area contributed by atoms with E-state index in [0.29, 0.717) is 17.1 Å². The monoisotopic (exact) mass is 309 g/mol. The molecular formula is C14H16FN3O2S. The maximum atomic E-state index is 13.3. The number of nitrogen functional groups attached to an aromatic ring is 1. The van der Waals surface area contributed by atoms with Crippen LogP contribution in [-0.2, 0) is 10.0 Å². The molecule has 0 amide bonds. The molecule has 0 saturated carbocycles. The molecule has 0 fully saturated rings. The van der Waals surface area contributed by atoms with Crippen LogP contribution >= 0.6 is 0 Å². The minimum Gasteiger partial charge on any atom is -0.399 e. The van der Waals surface area contributed by atoms with Crippen molar-refractivity contribution in [3.63, 3.8) is 0 Å². The predicted octanol–water partition coefficient (Wildman–Crippen LogP) is 2.08. The smallest absolute Gasteiger partial charge is 0.242 e. The highest BCUT2D eigenvalue weighted by Gasteiger charge is 2.20. The first-order valence-electron chi connectivity index (χ1n) is 6.17. The number of sulfonamides is 1. The highest BCUT2D eigenvalue weighted by Crippen LogP contribution is 2.31. The van der Waals surface area contributed by atoms with Crippen LogP contribution in [0.15, 0.2) is 47.4 Å². The molecule has 2 rings (SSSR count). The Balaban J connectivity index is 2.59. The molecule has 0 heterocycles. The number of hydrogen-bond acceptors (Lipinski definition) is 4. The molecule has 0 unspecified atom stereocenters. The Labute approximate surface area is 123 Å². The van der Waals surface area contributed by atoms with Crippen molar-refractivity contribution in [3.8, 4) is 0 Å². The number of anilines is 3. The predicted molar refractivity (Wildman–Crippen MR) is 81.6 cm³/mol. The van der Waals surface area contributed by atoms with E-state index >= 15 is 0 Å². The zero-order valence-corrected chi connectivity index (χ0v) is 12.5. The van der Waals surface area contributed by atoms with Crippen LogP contribution < -0.4 is 15.4 Å². The van der Waals surface area contributed by atoms with Gasteiger partial charge in [-0.05, 0) is 43.4 Å². The second-order valence-corrected chi connectivity index (χ2v) is 6.33. The van der Waals surface area contributed by atoms with E-state index in [1.54, 1.807) is 36.2 Å². The molecule has 0 saturated heterocycles. The number of rotatable bonds is 4. The Morgan fingerprint density at radius 2 is 1.90 bits per heavy atom. The molecule has 2 aromatic carbocycles. The summed E-state index contributed by atoms with van der Waals surface area (Å²) in [6.07, 6.45) is 0. The van der Waals surface area contributed by atoms with Gasteiger partial charge in [-0.1, -0.05) is 6.07 Å². The molecule has 21 heavy (non-hydrogen) atoms. The second-order valence-electron chi connectivity index (χ2n) is 4.47. The van der Waals surface area contributed by atoms with E-state index < -0.39 is 15.8 Å². The maximum Gasteiger partial charge on any atom is 0.242 e. The molecule has 5 nitrogen and oxygen atoms in total. The van der Waals surface area contributed by atoms with Crippen molar-refractivity contribution >= 4 is 27.1 Å². The molecule has 0 aliphatic carbocycles. The van der Waals surface area contributed by atoms with Crippen LogP contribution in [0.3, 0.4) is 0 Å². The van der Waals surface area contributed by atoms with E-state index in [1.807, 2.05) is 0 Å². The molecule has 2 aromatic rings. The Hall–Kier alpha value is -2.12. The zero-order valence-electron chi connectivity index (χ0n) is 11.7. The van der Waals surface area contributed by atoms with E-state index in [9.17, 15) is 12.8 Å². The average Bonchev–Trinajstić information content (AvgIpc) is 2.46. The van der Waals surface area contributed by atoms with Gasteiger partial charge in [0.1, 0.15) is 10.7 Å². The van der Waals surface area contributed by atoms with Crippen LogP contribution in [0.4, 0.5) is 21.5 Å². The van der Waals surface area contributed by atoms with Gasteiger partial charge in [0, 0.05) is 18.4 Å². The molecule has 0 atom stereocenters. The van der Waals surface area contributed by atoms with Gasteiger partial charge in [-0.2, -0.15) is 0 Å². The zero-order chi connectivity index (χ0) is 15.6. The lowest BCUT2D eigenvalue weighted by Crippen LogP contribution is -2.22. The highest BCUT2D eigenvalue weighted by molar-refractivity contribution is 7.89. The summed E-state index contributed by atoms with van der Waals surface area (Å²) in [5.74, 6) is -0.396. The molecule has 0 aliphatic heterocycles. The quantitative estimate of drug-likeness (QED) is 0.848. The minimum absolute atomic E-state index is 0.0387. The topological polar surface area (TPSA) is 75.4 Å². The van der Waals surface area contributed by atoms with Crippen molar-refractivity contribution in [2.75, 3.05) is 24.7 Å². The first-order valence-corrected chi connectivity index (χ1v) is 7.66. The number of hydrogen-bond donors (Lipinski definition) is 2. The highest BCUT2D eigenvalue weighted by atomic mass is 32.2. The summed E-state index contributed by atoms with van der Waals surface area (Å²) in [6.45, 7) is 0. The van der Waals surface area contributed by atoms with Gasteiger partial charge in [0.05, 0.1) is 5.69 Å². The Morgan fingerprint density at radius 1 is 1.19 bits per heavy atom. The third kappa shape index (κ3) is 3.14. The summed E-state index contributed by atoms with van der Waals surface area (Å²) in [6, 6.07) is 10.5. The van der Waals surface area contributed by atoms with E-state index in [0.717, 1.165) is 0 Å². The molecule has 7 heteroatoms. The van der Waals surface area contributed by atoms with Gasteiger partial charge in [0.25, 0.3) is 0 Å². The standard InChI is InChI=1S/C14H16FN3O2S/c1-17-21(19,20)14-9-11(16)6-7-13(14)18(2)12-5-3-4-10(15)8-12/h3-9,17H,16H2,1-2H3. The van der Waals surface area contributed by atoms with Crippen molar-refractivity contribution in [2.45, 2.75) is 4.90 Å². The number of benzene rings is 2. The lowest BCUT2D eigenvalue weighted by Gasteiger charge is -2.22. The molecule has 0 aliphatic rings. The van der Waals surface area contributed by atoms with Crippen molar-refractivity contribution in [1.29, 1.82) is 0 Å². The number of nitrogens with two attached hydrogens (primary N) is 1. The summed E-state index contributed by atoms with van der Waals surface area (Å²) in [7, 11) is -0.694. The number of nitrogens with one attached hydrogen (secondary N) is 1. The maximum absolute atomic E-state index is 13.3. The van der Waals surface area contributed by atoms with Crippen LogP contribution in [0.25, 0.3) is 0 Å². The SMILES string of the molecule is CNS(=O)(=O)c1cc(N)ccc1N(C)c1cccc(F)c1. The molecule has 0 radical (unpaired) electrons. The van der Waals surface area contributed by atoms with Gasteiger partial charge in [-0.25, -0.2) is 17.5 Å². The van der Waals surface area contributed by atoms with Crippen LogP contribution in [0, 0.1) is 5.82 Å². The lowest BCUT2D eigenvalue weighted by molar-refractivity contribution is 0.588. The Morgan fingerprint density at radius 3 is 2.52 bits per heavy atom. The summed E-state index contributed by atoms with van der Waals surface area (Å²) in [4.78, 5) is 1.63. The molecular weight excluding hydrogens is 293 g/mol. The van der Waals surface area contributed by atoms with Crippen LogP contribution in [0.1, 0.15) is 0 Å². The fourth-order valence-corrected chi connectivity index (χ4v) is 2.95. The average molecular weight is 309 g/mol. The second kappa shape index (κ2) is 5.71. The van der Waals surface area contributed by atoms with E-state index in [-0.39, 0.29) is 4.90 Å². The van der Waals surface area contributed by atoms with Crippen molar-refractivity contribution < 1.29 is 12.8 Å². The van der Waals surface area contributed by atoms with Crippen molar-refractivity contribution in [1.82, 2.24) is 4.72 Å². The number of nitrogens with zero attached hydrogens (tertiary/aromatic N) is 1. The van der Waals surface area contributed by atoms with Gasteiger partial charge in [-0.3, -0.25) is 0 Å².